The van der Waals surface area contributed by atoms with E-state index < -0.39 is 25.3 Å². The number of ether oxygens (including phenoxy) is 1. The molecule has 16 heavy (non-hydrogen) atoms. The van der Waals surface area contributed by atoms with E-state index in [1.807, 2.05) is 0 Å². The summed E-state index contributed by atoms with van der Waals surface area (Å²) in [6.07, 6.45) is -5.85. The molecule has 0 aliphatic heterocycles. The molecular formula is C11H13F3O2. The Labute approximate surface area is 91.7 Å². The van der Waals surface area contributed by atoms with Gasteiger partial charge in [-0.3, -0.25) is 0 Å². The van der Waals surface area contributed by atoms with Gasteiger partial charge in [0.1, 0.15) is 5.75 Å². The highest BCUT2D eigenvalue weighted by atomic mass is 19.4. The minimum Gasteiger partial charge on any atom is -0.493 e. The summed E-state index contributed by atoms with van der Waals surface area (Å²) in [6, 6.07) is 6.40. The Hall–Kier alpha value is -1.23. The minimum absolute atomic E-state index is 0.336. The number of halogens is 3. The van der Waals surface area contributed by atoms with E-state index in [9.17, 15) is 18.3 Å². The summed E-state index contributed by atoms with van der Waals surface area (Å²) in [4.78, 5) is 0. The van der Waals surface area contributed by atoms with E-state index in [2.05, 4.69) is 0 Å². The van der Waals surface area contributed by atoms with Crippen LogP contribution in [0, 0.1) is 0 Å². The molecule has 0 aromatic heterocycles. The molecule has 1 aromatic carbocycles. The van der Waals surface area contributed by atoms with Gasteiger partial charge < -0.3 is 9.84 Å². The van der Waals surface area contributed by atoms with Crippen molar-refractivity contribution in [3.63, 3.8) is 0 Å². The fourth-order valence-corrected chi connectivity index (χ4v) is 1.15. The summed E-state index contributed by atoms with van der Waals surface area (Å²) in [5.74, 6) is 0.336. The Morgan fingerprint density at radius 3 is 2.62 bits per heavy atom. The molecule has 1 aromatic rings. The molecule has 1 N–H and O–H groups in total. The molecule has 0 aliphatic carbocycles. The van der Waals surface area contributed by atoms with Gasteiger partial charge in [-0.2, -0.15) is 13.2 Å². The van der Waals surface area contributed by atoms with Gasteiger partial charge in [-0.1, -0.05) is 12.1 Å². The molecule has 0 heterocycles. The molecule has 0 aliphatic rings. The van der Waals surface area contributed by atoms with Crippen LogP contribution in [0.1, 0.15) is 25.0 Å². The second-order valence-electron chi connectivity index (χ2n) is 3.46. The Bertz CT molecular complexity index is 334. The molecule has 0 fully saturated rings. The zero-order valence-electron chi connectivity index (χ0n) is 8.79. The van der Waals surface area contributed by atoms with Crippen molar-refractivity contribution in [1.29, 1.82) is 0 Å². The molecule has 0 unspecified atom stereocenters. The van der Waals surface area contributed by atoms with E-state index in [-0.39, 0.29) is 0 Å². The van der Waals surface area contributed by atoms with Gasteiger partial charge in [0.2, 0.25) is 0 Å². The number of hydrogen-bond acceptors (Lipinski definition) is 2. The summed E-state index contributed by atoms with van der Waals surface area (Å²) in [6.45, 7) is 1.17. The van der Waals surface area contributed by atoms with Crippen molar-refractivity contribution < 1.29 is 23.0 Å². The van der Waals surface area contributed by atoms with Gasteiger partial charge >= 0.3 is 6.18 Å². The first-order valence-corrected chi connectivity index (χ1v) is 4.86. The molecule has 0 spiro atoms. The number of aliphatic hydroxyl groups is 1. The zero-order chi connectivity index (χ0) is 12.2. The summed E-state index contributed by atoms with van der Waals surface area (Å²) in [5, 5.41) is 9.27. The highest BCUT2D eigenvalue weighted by Crippen LogP contribution is 2.22. The predicted molar refractivity (Wildman–Crippen MR) is 53.2 cm³/mol. The van der Waals surface area contributed by atoms with Crippen LogP contribution in [0.15, 0.2) is 24.3 Å². The van der Waals surface area contributed by atoms with Crippen LogP contribution < -0.4 is 4.74 Å². The molecule has 1 rings (SSSR count). The normalized spacial score (nSPS) is 13.6. The molecule has 0 bridgehead atoms. The Morgan fingerprint density at radius 1 is 1.38 bits per heavy atom. The van der Waals surface area contributed by atoms with Crippen LogP contribution in [0.25, 0.3) is 0 Å². The Kier molecular flexibility index (Phi) is 4.18. The monoisotopic (exact) mass is 234 g/mol. The van der Waals surface area contributed by atoms with Crippen LogP contribution in [0.5, 0.6) is 5.75 Å². The quantitative estimate of drug-likeness (QED) is 0.867. The second kappa shape index (κ2) is 5.21. The lowest BCUT2D eigenvalue weighted by Gasteiger charge is -2.10. The van der Waals surface area contributed by atoms with E-state index in [1.165, 1.54) is 6.07 Å². The van der Waals surface area contributed by atoms with Crippen LogP contribution in [0.2, 0.25) is 0 Å². The average molecular weight is 234 g/mol. The number of rotatable bonds is 4. The van der Waals surface area contributed by atoms with E-state index in [4.69, 9.17) is 4.74 Å². The van der Waals surface area contributed by atoms with Crippen molar-refractivity contribution in [3.8, 4) is 5.75 Å². The van der Waals surface area contributed by atoms with Crippen LogP contribution in [-0.4, -0.2) is 17.9 Å². The third-order valence-electron chi connectivity index (χ3n) is 1.99. The fraction of sp³-hybridized carbons (Fsp3) is 0.455. The van der Waals surface area contributed by atoms with E-state index in [0.717, 1.165) is 0 Å². The minimum atomic E-state index is -4.21. The molecular weight excluding hydrogens is 221 g/mol. The van der Waals surface area contributed by atoms with Crippen molar-refractivity contribution in [3.05, 3.63) is 29.8 Å². The fourth-order valence-electron chi connectivity index (χ4n) is 1.15. The molecule has 0 saturated heterocycles. The third-order valence-corrected chi connectivity index (χ3v) is 1.99. The maximum Gasteiger partial charge on any atom is 0.392 e. The van der Waals surface area contributed by atoms with Crippen LogP contribution in [0.3, 0.4) is 0 Å². The van der Waals surface area contributed by atoms with Gasteiger partial charge in [-0.05, 0) is 24.6 Å². The van der Waals surface area contributed by atoms with Gasteiger partial charge in [0.25, 0.3) is 0 Å². The smallest absolute Gasteiger partial charge is 0.392 e. The summed E-state index contributed by atoms with van der Waals surface area (Å²) < 4.78 is 40.5. The first-order chi connectivity index (χ1) is 7.38. The largest absolute Gasteiger partial charge is 0.493 e. The van der Waals surface area contributed by atoms with Crippen LogP contribution >= 0.6 is 0 Å². The lowest BCUT2D eigenvalue weighted by Crippen LogP contribution is -2.13. The van der Waals surface area contributed by atoms with Crippen LogP contribution in [-0.2, 0) is 0 Å². The van der Waals surface area contributed by atoms with Crippen molar-refractivity contribution in [1.82, 2.24) is 0 Å². The number of hydrogen-bond donors (Lipinski definition) is 1. The highest BCUT2D eigenvalue weighted by Gasteiger charge is 2.26. The second-order valence-corrected chi connectivity index (χ2v) is 3.46. The third kappa shape index (κ3) is 4.53. The lowest BCUT2D eigenvalue weighted by molar-refractivity contribution is -0.139. The lowest BCUT2D eigenvalue weighted by atomic mass is 10.1. The molecule has 90 valence electrons. The SMILES string of the molecule is C[C@@H](O)c1cccc(OCCC(F)(F)F)c1. The summed E-state index contributed by atoms with van der Waals surface area (Å²) >= 11 is 0. The molecule has 5 heteroatoms. The van der Waals surface area contributed by atoms with E-state index in [1.54, 1.807) is 25.1 Å². The maximum atomic E-state index is 11.8. The van der Waals surface area contributed by atoms with E-state index >= 15 is 0 Å². The van der Waals surface area contributed by atoms with E-state index in [0.29, 0.717) is 11.3 Å². The van der Waals surface area contributed by atoms with Crippen molar-refractivity contribution in [2.24, 2.45) is 0 Å². The van der Waals surface area contributed by atoms with Crippen molar-refractivity contribution >= 4 is 0 Å². The molecule has 0 radical (unpaired) electrons. The van der Waals surface area contributed by atoms with Gasteiger partial charge in [-0.15, -0.1) is 0 Å². The Morgan fingerprint density at radius 2 is 2.06 bits per heavy atom. The molecule has 2 nitrogen and oxygen atoms in total. The Balaban J connectivity index is 2.51. The maximum absolute atomic E-state index is 11.8. The molecule has 1 atom stereocenters. The number of aliphatic hydroxyl groups excluding tert-OH is 1. The number of benzene rings is 1. The van der Waals surface area contributed by atoms with Gasteiger partial charge in [0.05, 0.1) is 19.1 Å². The predicted octanol–water partition coefficient (Wildman–Crippen LogP) is 3.07. The van der Waals surface area contributed by atoms with Gasteiger partial charge in [0.15, 0.2) is 0 Å². The number of alkyl halides is 3. The van der Waals surface area contributed by atoms with Crippen molar-refractivity contribution in [2.45, 2.75) is 25.6 Å². The average Bonchev–Trinajstić information content (AvgIpc) is 2.16. The first kappa shape index (κ1) is 12.8. The topological polar surface area (TPSA) is 29.5 Å². The van der Waals surface area contributed by atoms with Gasteiger partial charge in [0, 0.05) is 0 Å². The standard InChI is InChI=1S/C11H13F3O2/c1-8(15)9-3-2-4-10(7-9)16-6-5-11(12,13)14/h2-4,7-8,15H,5-6H2,1H3/t8-/m1/s1. The molecule has 0 saturated carbocycles. The summed E-state index contributed by atoms with van der Waals surface area (Å²) in [5.41, 5.74) is 0.615. The van der Waals surface area contributed by atoms with Crippen LogP contribution in [0.4, 0.5) is 13.2 Å². The summed E-state index contributed by atoms with van der Waals surface area (Å²) in [7, 11) is 0. The first-order valence-electron chi connectivity index (χ1n) is 4.86. The molecule has 0 amide bonds. The van der Waals surface area contributed by atoms with Gasteiger partial charge in [-0.25, -0.2) is 0 Å². The van der Waals surface area contributed by atoms with Crippen molar-refractivity contribution in [2.75, 3.05) is 6.61 Å². The highest BCUT2D eigenvalue weighted by molar-refractivity contribution is 5.29. The zero-order valence-corrected chi connectivity index (χ0v) is 8.79.